The van der Waals surface area contributed by atoms with Crippen molar-refractivity contribution < 1.29 is 13.2 Å². The molecule has 6 nitrogen and oxygen atoms in total. The molecule has 1 aromatic carbocycles. The predicted molar refractivity (Wildman–Crippen MR) is 85.0 cm³/mol. The van der Waals surface area contributed by atoms with Gasteiger partial charge in [0.15, 0.2) is 0 Å². The zero-order chi connectivity index (χ0) is 15.6. The molecule has 1 aromatic heterocycles. The van der Waals surface area contributed by atoms with Gasteiger partial charge in [0.05, 0.1) is 19.0 Å². The highest BCUT2D eigenvalue weighted by molar-refractivity contribution is 7.92. The Kier molecular flexibility index (Phi) is 4.42. The number of aryl methyl sites for hydroxylation is 1. The van der Waals surface area contributed by atoms with E-state index in [-0.39, 0.29) is 10.1 Å². The summed E-state index contributed by atoms with van der Waals surface area (Å²) in [6.07, 6.45) is 0. The van der Waals surface area contributed by atoms with Crippen LogP contribution in [0.2, 0.25) is 0 Å². The lowest BCUT2D eigenvalue weighted by atomic mass is 10.1. The number of hydrogen-bond donors (Lipinski definition) is 0. The van der Waals surface area contributed by atoms with Crippen LogP contribution in [0.1, 0.15) is 11.1 Å². The van der Waals surface area contributed by atoms with Crippen molar-refractivity contribution in [3.05, 3.63) is 35.4 Å². The highest BCUT2D eigenvalue weighted by Gasteiger charge is 2.24. The van der Waals surface area contributed by atoms with Gasteiger partial charge in [0.25, 0.3) is 0 Å². The standard InChI is InChI=1S/C14H17N3O3S2/c1-11-4-2-3-5-12(11)10-22(18,19)14-16-15-13(21-14)17-6-8-20-9-7-17/h2-5H,6-10H2,1H3. The van der Waals surface area contributed by atoms with E-state index in [2.05, 4.69) is 10.2 Å². The molecule has 2 aromatic rings. The molecule has 0 saturated carbocycles. The van der Waals surface area contributed by atoms with Crippen LogP contribution in [0.25, 0.3) is 0 Å². The summed E-state index contributed by atoms with van der Waals surface area (Å²) < 4.78 is 30.4. The monoisotopic (exact) mass is 339 g/mol. The second-order valence-corrected chi connectivity index (χ2v) is 8.25. The van der Waals surface area contributed by atoms with Crippen LogP contribution in [0.3, 0.4) is 0 Å². The lowest BCUT2D eigenvalue weighted by Gasteiger charge is -2.25. The first-order chi connectivity index (χ1) is 10.6. The van der Waals surface area contributed by atoms with Gasteiger partial charge in [0.1, 0.15) is 0 Å². The molecular weight excluding hydrogens is 322 g/mol. The smallest absolute Gasteiger partial charge is 0.234 e. The summed E-state index contributed by atoms with van der Waals surface area (Å²) in [5.74, 6) is -0.0442. The van der Waals surface area contributed by atoms with E-state index in [1.165, 1.54) is 0 Å². The first-order valence-corrected chi connectivity index (χ1v) is 9.46. The van der Waals surface area contributed by atoms with Crippen LogP contribution in [-0.4, -0.2) is 44.9 Å². The zero-order valence-electron chi connectivity index (χ0n) is 12.2. The minimum Gasteiger partial charge on any atom is -0.378 e. The number of morpholine rings is 1. The predicted octanol–water partition coefficient (Wildman–Crippen LogP) is 1.66. The van der Waals surface area contributed by atoms with Crippen molar-refractivity contribution in [1.29, 1.82) is 0 Å². The molecule has 8 heteroatoms. The zero-order valence-corrected chi connectivity index (χ0v) is 13.9. The molecule has 3 rings (SSSR count). The highest BCUT2D eigenvalue weighted by atomic mass is 32.2. The molecule has 0 spiro atoms. The van der Waals surface area contributed by atoms with Crippen LogP contribution in [0.4, 0.5) is 5.13 Å². The number of anilines is 1. The minimum absolute atomic E-state index is 0.0442. The Hall–Kier alpha value is -1.51. The number of hydrogen-bond acceptors (Lipinski definition) is 7. The Morgan fingerprint density at radius 3 is 2.68 bits per heavy atom. The van der Waals surface area contributed by atoms with Crippen LogP contribution in [0.15, 0.2) is 28.6 Å². The molecule has 0 atom stereocenters. The molecule has 1 aliphatic rings. The molecule has 0 amide bonds. The van der Waals surface area contributed by atoms with Crippen molar-refractivity contribution in [3.63, 3.8) is 0 Å². The van der Waals surface area contributed by atoms with Crippen LogP contribution in [-0.2, 0) is 20.3 Å². The quantitative estimate of drug-likeness (QED) is 0.843. The number of benzene rings is 1. The second kappa shape index (κ2) is 6.31. The van der Waals surface area contributed by atoms with Crippen molar-refractivity contribution in [3.8, 4) is 0 Å². The molecule has 0 bridgehead atoms. The van der Waals surface area contributed by atoms with Gasteiger partial charge in [-0.3, -0.25) is 0 Å². The number of nitrogens with zero attached hydrogens (tertiary/aromatic N) is 3. The summed E-state index contributed by atoms with van der Waals surface area (Å²) in [5.41, 5.74) is 1.76. The van der Waals surface area contributed by atoms with E-state index < -0.39 is 9.84 Å². The Balaban J connectivity index is 1.81. The fraction of sp³-hybridized carbons (Fsp3) is 0.429. The fourth-order valence-corrected chi connectivity index (χ4v) is 4.81. The number of ether oxygens (including phenoxy) is 1. The maximum Gasteiger partial charge on any atom is 0.234 e. The molecule has 0 radical (unpaired) electrons. The molecule has 0 aliphatic carbocycles. The summed E-state index contributed by atoms with van der Waals surface area (Å²) in [6, 6.07) is 7.48. The van der Waals surface area contributed by atoms with Crippen LogP contribution in [0, 0.1) is 6.92 Å². The van der Waals surface area contributed by atoms with Crippen molar-refractivity contribution in [1.82, 2.24) is 10.2 Å². The maximum absolute atomic E-state index is 12.5. The molecule has 0 unspecified atom stereocenters. The van der Waals surface area contributed by atoms with E-state index >= 15 is 0 Å². The molecule has 22 heavy (non-hydrogen) atoms. The van der Waals surface area contributed by atoms with Gasteiger partial charge < -0.3 is 9.64 Å². The lowest BCUT2D eigenvalue weighted by molar-refractivity contribution is 0.122. The van der Waals surface area contributed by atoms with E-state index in [1.54, 1.807) is 0 Å². The van der Waals surface area contributed by atoms with Crippen molar-refractivity contribution >= 4 is 26.3 Å². The Morgan fingerprint density at radius 2 is 1.95 bits per heavy atom. The van der Waals surface area contributed by atoms with Gasteiger partial charge in [-0.1, -0.05) is 35.6 Å². The first kappa shape index (κ1) is 15.4. The minimum atomic E-state index is -3.47. The SMILES string of the molecule is Cc1ccccc1CS(=O)(=O)c1nnc(N2CCOCC2)s1. The number of sulfone groups is 1. The molecule has 1 fully saturated rings. The van der Waals surface area contributed by atoms with E-state index in [0.717, 1.165) is 22.5 Å². The summed E-state index contributed by atoms with van der Waals surface area (Å²) in [6.45, 7) is 4.60. The van der Waals surface area contributed by atoms with Gasteiger partial charge in [-0.2, -0.15) is 0 Å². The average molecular weight is 339 g/mol. The molecular formula is C14H17N3O3S2. The van der Waals surface area contributed by atoms with Crippen LogP contribution in [0.5, 0.6) is 0 Å². The first-order valence-electron chi connectivity index (χ1n) is 7.00. The van der Waals surface area contributed by atoms with Gasteiger partial charge in [0, 0.05) is 13.1 Å². The topological polar surface area (TPSA) is 72.4 Å². The molecule has 2 heterocycles. The number of aromatic nitrogens is 2. The highest BCUT2D eigenvalue weighted by Crippen LogP contribution is 2.27. The van der Waals surface area contributed by atoms with Crippen LogP contribution >= 0.6 is 11.3 Å². The van der Waals surface area contributed by atoms with E-state index in [4.69, 9.17) is 4.74 Å². The van der Waals surface area contributed by atoms with Gasteiger partial charge >= 0.3 is 0 Å². The summed E-state index contributed by atoms with van der Waals surface area (Å²) >= 11 is 1.13. The molecule has 1 aliphatic heterocycles. The molecule has 118 valence electrons. The van der Waals surface area contributed by atoms with Crippen molar-refractivity contribution in [2.24, 2.45) is 0 Å². The van der Waals surface area contributed by atoms with Gasteiger partial charge in [-0.25, -0.2) is 8.42 Å². The third-order valence-electron chi connectivity index (χ3n) is 3.55. The lowest BCUT2D eigenvalue weighted by Crippen LogP contribution is -2.36. The van der Waals surface area contributed by atoms with Gasteiger partial charge in [-0.15, -0.1) is 10.2 Å². The van der Waals surface area contributed by atoms with E-state index in [1.807, 2.05) is 36.1 Å². The second-order valence-electron chi connectivity index (χ2n) is 5.14. The van der Waals surface area contributed by atoms with E-state index in [0.29, 0.717) is 31.4 Å². The normalized spacial score (nSPS) is 16.0. The van der Waals surface area contributed by atoms with Crippen molar-refractivity contribution in [2.45, 2.75) is 17.0 Å². The largest absolute Gasteiger partial charge is 0.378 e. The molecule has 0 N–H and O–H groups in total. The van der Waals surface area contributed by atoms with Crippen LogP contribution < -0.4 is 4.90 Å². The maximum atomic E-state index is 12.5. The van der Waals surface area contributed by atoms with Crippen molar-refractivity contribution in [2.75, 3.05) is 31.2 Å². The molecule has 1 saturated heterocycles. The Labute approximate surface area is 133 Å². The fourth-order valence-electron chi connectivity index (χ4n) is 2.25. The summed E-state index contributed by atoms with van der Waals surface area (Å²) in [5, 5.41) is 8.56. The average Bonchev–Trinajstić information content (AvgIpc) is 3.01. The Morgan fingerprint density at radius 1 is 1.23 bits per heavy atom. The third kappa shape index (κ3) is 3.29. The van der Waals surface area contributed by atoms with E-state index in [9.17, 15) is 8.42 Å². The third-order valence-corrected chi connectivity index (χ3v) is 6.65. The van der Waals surface area contributed by atoms with Gasteiger partial charge in [0.2, 0.25) is 19.3 Å². The Bertz CT molecular complexity index is 752. The summed E-state index contributed by atoms with van der Waals surface area (Å²) in [4.78, 5) is 2.01. The number of rotatable bonds is 4. The van der Waals surface area contributed by atoms with Gasteiger partial charge in [-0.05, 0) is 18.1 Å². The summed E-state index contributed by atoms with van der Waals surface area (Å²) in [7, 11) is -3.47.